The summed E-state index contributed by atoms with van der Waals surface area (Å²) in [6.45, 7) is 3.70. The summed E-state index contributed by atoms with van der Waals surface area (Å²) in [7, 11) is 3.00. The van der Waals surface area contributed by atoms with Gasteiger partial charge in [-0.05, 0) is 31.0 Å². The van der Waals surface area contributed by atoms with Crippen LogP contribution < -0.4 is 9.47 Å². The first kappa shape index (κ1) is 12.1. The number of carbonyl (C=O) groups is 1. The summed E-state index contributed by atoms with van der Waals surface area (Å²) in [5, 5.41) is 8.64. The van der Waals surface area contributed by atoms with E-state index in [1.807, 2.05) is 13.8 Å². The average molecular weight is 219 g/mol. The number of nitriles is 1. The number of hydrogen-bond acceptors (Lipinski definition) is 4. The third-order valence-electron chi connectivity index (χ3n) is 2.56. The Morgan fingerprint density at radius 2 is 1.88 bits per heavy atom. The maximum Gasteiger partial charge on any atom is 0.266 e. The van der Waals surface area contributed by atoms with Gasteiger partial charge in [0.1, 0.15) is 17.6 Å². The molecule has 16 heavy (non-hydrogen) atoms. The quantitative estimate of drug-likeness (QED) is 0.576. The number of ether oxygens (including phenoxy) is 2. The van der Waals surface area contributed by atoms with E-state index in [0.29, 0.717) is 11.5 Å². The van der Waals surface area contributed by atoms with Crippen LogP contribution in [-0.2, 0) is 0 Å². The molecule has 1 rings (SSSR count). The van der Waals surface area contributed by atoms with Crippen LogP contribution in [0.5, 0.6) is 11.5 Å². The van der Waals surface area contributed by atoms with Crippen LogP contribution in [0, 0.1) is 25.2 Å². The summed E-state index contributed by atoms with van der Waals surface area (Å²) in [4.78, 5) is 11.4. The van der Waals surface area contributed by atoms with Crippen molar-refractivity contribution in [3.63, 3.8) is 0 Å². The Balaban J connectivity index is 3.55. The molecule has 0 N–H and O–H groups in total. The third-order valence-corrected chi connectivity index (χ3v) is 2.56. The molecule has 0 spiro atoms. The molecule has 4 heteroatoms. The van der Waals surface area contributed by atoms with E-state index < -0.39 is 5.78 Å². The molecule has 0 bridgehead atoms. The summed E-state index contributed by atoms with van der Waals surface area (Å²) in [6, 6.07) is 3.11. The second-order valence-corrected chi connectivity index (χ2v) is 3.35. The molecular weight excluding hydrogens is 206 g/mol. The maximum absolute atomic E-state index is 11.4. The molecule has 1 aromatic carbocycles. The van der Waals surface area contributed by atoms with E-state index in [0.717, 1.165) is 11.1 Å². The average Bonchev–Trinajstić information content (AvgIpc) is 2.31. The fraction of sp³-hybridized carbons (Fsp3) is 0.333. The second kappa shape index (κ2) is 4.67. The van der Waals surface area contributed by atoms with Gasteiger partial charge in [-0.15, -0.1) is 0 Å². The molecule has 0 aliphatic heterocycles. The molecule has 0 amide bonds. The van der Waals surface area contributed by atoms with Crippen LogP contribution in [-0.4, -0.2) is 20.0 Å². The van der Waals surface area contributed by atoms with Crippen LogP contribution in [0.2, 0.25) is 0 Å². The molecule has 1 aromatic rings. The minimum Gasteiger partial charge on any atom is -0.496 e. The van der Waals surface area contributed by atoms with E-state index in [1.54, 1.807) is 6.07 Å². The van der Waals surface area contributed by atoms with Crippen LogP contribution >= 0.6 is 0 Å². The van der Waals surface area contributed by atoms with Crippen molar-refractivity contribution in [1.29, 1.82) is 5.26 Å². The molecule has 0 radical (unpaired) electrons. The van der Waals surface area contributed by atoms with Crippen molar-refractivity contribution in [2.75, 3.05) is 14.2 Å². The van der Waals surface area contributed by atoms with E-state index in [-0.39, 0.29) is 5.56 Å². The molecule has 84 valence electrons. The van der Waals surface area contributed by atoms with Crippen molar-refractivity contribution >= 4 is 5.78 Å². The lowest BCUT2D eigenvalue weighted by Gasteiger charge is -2.14. The van der Waals surface area contributed by atoms with Gasteiger partial charge in [-0.2, -0.15) is 5.26 Å². The van der Waals surface area contributed by atoms with Crippen molar-refractivity contribution in [2.24, 2.45) is 0 Å². The summed E-state index contributed by atoms with van der Waals surface area (Å²) < 4.78 is 10.3. The van der Waals surface area contributed by atoms with E-state index >= 15 is 0 Å². The van der Waals surface area contributed by atoms with Gasteiger partial charge in [0.05, 0.1) is 19.8 Å². The predicted octanol–water partition coefficient (Wildman–Crippen LogP) is 2.03. The molecule has 0 atom stereocenters. The van der Waals surface area contributed by atoms with Gasteiger partial charge in [-0.1, -0.05) is 0 Å². The monoisotopic (exact) mass is 219 g/mol. The lowest BCUT2D eigenvalue weighted by molar-refractivity contribution is 0.105. The summed E-state index contributed by atoms with van der Waals surface area (Å²) >= 11 is 0. The topological polar surface area (TPSA) is 59.3 Å². The van der Waals surface area contributed by atoms with Crippen LogP contribution in [0.15, 0.2) is 6.07 Å². The third kappa shape index (κ3) is 1.84. The van der Waals surface area contributed by atoms with E-state index in [9.17, 15) is 4.79 Å². The van der Waals surface area contributed by atoms with Gasteiger partial charge in [-0.25, -0.2) is 0 Å². The van der Waals surface area contributed by atoms with E-state index in [2.05, 4.69) is 0 Å². The zero-order chi connectivity index (χ0) is 12.3. The van der Waals surface area contributed by atoms with Crippen LogP contribution in [0.3, 0.4) is 0 Å². The highest BCUT2D eigenvalue weighted by Gasteiger charge is 2.18. The summed E-state index contributed by atoms with van der Waals surface area (Å²) in [6.07, 6.45) is 0. The molecule has 0 heterocycles. The lowest BCUT2D eigenvalue weighted by atomic mass is 10.0. The molecule has 4 nitrogen and oxygen atoms in total. The highest BCUT2D eigenvalue weighted by atomic mass is 16.5. The molecule has 0 unspecified atom stereocenters. The maximum atomic E-state index is 11.4. The predicted molar refractivity (Wildman–Crippen MR) is 59.0 cm³/mol. The Hall–Kier alpha value is -2.02. The minimum atomic E-state index is -0.627. The van der Waals surface area contributed by atoms with Crippen LogP contribution in [0.1, 0.15) is 21.5 Å². The standard InChI is InChI=1S/C12H13NO3/c1-7-8(2)12(16-4)9(10(14)6-13)5-11(7)15-3/h5H,1-4H3. The van der Waals surface area contributed by atoms with Crippen LogP contribution in [0.4, 0.5) is 0 Å². The number of carbonyl (C=O) groups excluding carboxylic acids is 1. The smallest absolute Gasteiger partial charge is 0.266 e. The van der Waals surface area contributed by atoms with Gasteiger partial charge < -0.3 is 9.47 Å². The fourth-order valence-corrected chi connectivity index (χ4v) is 1.57. The molecular formula is C12H13NO3. The molecule has 0 fully saturated rings. The lowest BCUT2D eigenvalue weighted by Crippen LogP contribution is -2.04. The number of ketones is 1. The largest absolute Gasteiger partial charge is 0.496 e. The molecule has 0 aromatic heterocycles. The number of rotatable bonds is 3. The van der Waals surface area contributed by atoms with Crippen molar-refractivity contribution in [1.82, 2.24) is 0 Å². The number of nitrogens with zero attached hydrogens (tertiary/aromatic N) is 1. The summed E-state index contributed by atoms with van der Waals surface area (Å²) in [5.74, 6) is 0.389. The second-order valence-electron chi connectivity index (χ2n) is 3.35. The fourth-order valence-electron chi connectivity index (χ4n) is 1.57. The van der Waals surface area contributed by atoms with Crippen molar-refractivity contribution in [2.45, 2.75) is 13.8 Å². The highest BCUT2D eigenvalue weighted by molar-refractivity contribution is 6.10. The Bertz CT molecular complexity index is 472. The zero-order valence-corrected chi connectivity index (χ0v) is 9.75. The van der Waals surface area contributed by atoms with Gasteiger partial charge in [0.15, 0.2) is 0 Å². The van der Waals surface area contributed by atoms with Gasteiger partial charge in [0.25, 0.3) is 5.78 Å². The van der Waals surface area contributed by atoms with E-state index in [1.165, 1.54) is 20.3 Å². The first-order chi connectivity index (χ1) is 7.56. The summed E-state index contributed by atoms with van der Waals surface area (Å²) in [5.41, 5.74) is 1.94. The number of hydrogen-bond donors (Lipinski definition) is 0. The number of methoxy groups -OCH3 is 2. The zero-order valence-electron chi connectivity index (χ0n) is 9.75. The van der Waals surface area contributed by atoms with Crippen molar-refractivity contribution < 1.29 is 14.3 Å². The minimum absolute atomic E-state index is 0.241. The highest BCUT2D eigenvalue weighted by Crippen LogP contribution is 2.33. The van der Waals surface area contributed by atoms with Crippen molar-refractivity contribution in [3.8, 4) is 17.6 Å². The Morgan fingerprint density at radius 1 is 1.25 bits per heavy atom. The van der Waals surface area contributed by atoms with Gasteiger partial charge in [0, 0.05) is 0 Å². The SMILES string of the molecule is COc1cc(C(=O)C#N)c(OC)c(C)c1C. The first-order valence-corrected chi connectivity index (χ1v) is 4.73. The van der Waals surface area contributed by atoms with Gasteiger partial charge in [-0.3, -0.25) is 4.79 Å². The molecule has 0 aliphatic rings. The first-order valence-electron chi connectivity index (χ1n) is 4.73. The molecule has 0 saturated heterocycles. The van der Waals surface area contributed by atoms with Gasteiger partial charge >= 0.3 is 0 Å². The molecule has 0 aliphatic carbocycles. The Morgan fingerprint density at radius 3 is 2.31 bits per heavy atom. The van der Waals surface area contributed by atoms with Crippen LogP contribution in [0.25, 0.3) is 0 Å². The number of benzene rings is 1. The molecule has 0 saturated carbocycles. The normalized spacial score (nSPS) is 9.44. The Kier molecular flexibility index (Phi) is 3.51. The van der Waals surface area contributed by atoms with Crippen molar-refractivity contribution in [3.05, 3.63) is 22.8 Å². The number of Topliss-reactive ketones (excluding diaryl/α,β-unsaturated/α-hetero) is 1. The Labute approximate surface area is 94.4 Å². The van der Waals surface area contributed by atoms with Gasteiger partial charge in [0.2, 0.25) is 0 Å². The van der Waals surface area contributed by atoms with E-state index in [4.69, 9.17) is 14.7 Å².